The molecule has 0 aliphatic rings. The van der Waals surface area contributed by atoms with E-state index in [9.17, 15) is 14.4 Å². The number of nitrogens with zero attached hydrogens (tertiary/aromatic N) is 1. The second kappa shape index (κ2) is 10.0. The zero-order valence-corrected chi connectivity index (χ0v) is 14.5. The highest BCUT2D eigenvalue weighted by Gasteiger charge is 2.05. The number of ether oxygens (including phenoxy) is 1. The van der Waals surface area contributed by atoms with E-state index in [1.165, 1.54) is 0 Å². The predicted octanol–water partition coefficient (Wildman–Crippen LogP) is 2.01. The molecule has 0 unspecified atom stereocenters. The Morgan fingerprint density at radius 1 is 1.20 bits per heavy atom. The van der Waals surface area contributed by atoms with Crippen LogP contribution in [0.5, 0.6) is 0 Å². The number of benzene rings is 1. The van der Waals surface area contributed by atoms with Gasteiger partial charge in [0.15, 0.2) is 0 Å². The van der Waals surface area contributed by atoms with Gasteiger partial charge in [0.25, 0.3) is 6.47 Å². The van der Waals surface area contributed by atoms with Gasteiger partial charge in [0, 0.05) is 28.4 Å². The molecule has 0 fully saturated rings. The maximum Gasteiger partial charge on any atom is 0.328 e. The molecule has 1 aromatic carbocycles. The number of hydrogen-bond donors (Lipinski definition) is 3. The van der Waals surface area contributed by atoms with Crippen molar-refractivity contribution >= 4 is 50.9 Å². The molecule has 8 nitrogen and oxygen atoms in total. The normalized spacial score (nSPS) is 10.1. The molecule has 9 heteroatoms. The highest BCUT2D eigenvalue weighted by atomic mass is 79.9. The van der Waals surface area contributed by atoms with Crippen LogP contribution < -0.4 is 5.73 Å². The topological polar surface area (TPSA) is 140 Å². The van der Waals surface area contributed by atoms with Gasteiger partial charge in [0.05, 0.1) is 23.5 Å². The Labute approximate surface area is 151 Å². The van der Waals surface area contributed by atoms with Crippen molar-refractivity contribution in [2.75, 3.05) is 12.3 Å². The monoisotopic (exact) mass is 410 g/mol. The third-order valence-electron chi connectivity index (χ3n) is 2.79. The first-order valence-corrected chi connectivity index (χ1v) is 7.66. The molecule has 2 rings (SSSR count). The van der Waals surface area contributed by atoms with E-state index in [1.807, 2.05) is 24.3 Å². The average molecular weight is 411 g/mol. The molecule has 2 aromatic rings. The maximum atomic E-state index is 10.1. The molecule has 0 spiro atoms. The number of carboxylic acids is 2. The molecule has 0 atom stereocenters. The Bertz CT molecular complexity index is 791. The van der Waals surface area contributed by atoms with Crippen molar-refractivity contribution in [3.8, 4) is 0 Å². The first kappa shape index (κ1) is 20.1. The molecule has 0 saturated carbocycles. The molecule has 0 aliphatic carbocycles. The maximum absolute atomic E-state index is 10.1. The van der Waals surface area contributed by atoms with Gasteiger partial charge in [0.1, 0.15) is 0 Å². The fourth-order valence-electron chi connectivity index (χ4n) is 1.74. The number of halogens is 1. The average Bonchev–Trinajstić information content (AvgIpc) is 2.54. The van der Waals surface area contributed by atoms with Gasteiger partial charge in [-0.15, -0.1) is 0 Å². The van der Waals surface area contributed by atoms with Crippen LogP contribution in [-0.2, 0) is 25.5 Å². The highest BCUT2D eigenvalue weighted by molar-refractivity contribution is 9.10. The molecule has 0 radical (unpaired) electrons. The fraction of sp³-hybridized carbons (Fsp3) is 0.125. The summed E-state index contributed by atoms with van der Waals surface area (Å²) < 4.78 is 5.61. The van der Waals surface area contributed by atoms with Gasteiger partial charge >= 0.3 is 11.9 Å². The Morgan fingerprint density at radius 3 is 2.40 bits per heavy atom. The Kier molecular flexibility index (Phi) is 8.07. The van der Waals surface area contributed by atoms with Crippen LogP contribution in [0, 0.1) is 0 Å². The van der Waals surface area contributed by atoms with Gasteiger partial charge in [-0.05, 0) is 18.2 Å². The summed E-state index contributed by atoms with van der Waals surface area (Å²) in [5, 5.41) is 16.6. The number of aromatic nitrogens is 1. The summed E-state index contributed by atoms with van der Waals surface area (Å²) in [5.74, 6) is -2.51. The predicted molar refractivity (Wildman–Crippen MR) is 94.0 cm³/mol. The Balaban J connectivity index is 0.000000333. The molecule has 0 bridgehead atoms. The van der Waals surface area contributed by atoms with Crippen LogP contribution in [0.4, 0.5) is 5.69 Å². The highest BCUT2D eigenvalue weighted by Crippen LogP contribution is 2.22. The lowest BCUT2D eigenvalue weighted by atomic mass is 10.1. The summed E-state index contributed by atoms with van der Waals surface area (Å²) in [6, 6.07) is 7.71. The SMILES string of the molecule is Nc1cc2ccc(Br)cc2nc1CCOC=O.O=C(O)/C=C/C(=O)O. The fourth-order valence-corrected chi connectivity index (χ4v) is 2.09. The largest absolute Gasteiger partial charge is 0.478 e. The third kappa shape index (κ3) is 7.44. The second-order valence-electron chi connectivity index (χ2n) is 4.59. The lowest BCUT2D eigenvalue weighted by molar-refractivity contribution is -0.134. The summed E-state index contributed by atoms with van der Waals surface area (Å²) in [7, 11) is 0. The molecule has 0 aliphatic heterocycles. The smallest absolute Gasteiger partial charge is 0.328 e. The van der Waals surface area contributed by atoms with Gasteiger partial charge in [-0.2, -0.15) is 0 Å². The molecule has 25 heavy (non-hydrogen) atoms. The van der Waals surface area contributed by atoms with Crippen molar-refractivity contribution in [3.63, 3.8) is 0 Å². The van der Waals surface area contributed by atoms with E-state index in [0.717, 1.165) is 21.1 Å². The first-order chi connectivity index (χ1) is 11.8. The number of rotatable bonds is 6. The number of anilines is 1. The van der Waals surface area contributed by atoms with Crippen molar-refractivity contribution < 1.29 is 29.3 Å². The zero-order chi connectivity index (χ0) is 18.8. The first-order valence-electron chi connectivity index (χ1n) is 6.87. The number of carbonyl (C=O) groups is 3. The zero-order valence-electron chi connectivity index (χ0n) is 12.9. The number of nitrogen functional groups attached to an aromatic ring is 1. The van der Waals surface area contributed by atoms with Crippen LogP contribution in [0.1, 0.15) is 5.69 Å². The van der Waals surface area contributed by atoms with Crippen molar-refractivity contribution in [2.24, 2.45) is 0 Å². The standard InChI is InChI=1S/C12H11BrN2O2.C4H4O4/c13-9-2-1-8-5-10(14)11(3-4-17-7-16)15-12(8)6-9;5-3(6)1-2-4(7)8/h1-2,5-7H,3-4,14H2;1-2H,(H,5,6)(H,7,8)/b;2-1+. The summed E-state index contributed by atoms with van der Waals surface area (Å²) in [6.45, 7) is 0.716. The molecule has 132 valence electrons. The minimum absolute atomic E-state index is 0.292. The number of carbonyl (C=O) groups excluding carboxylic acids is 1. The van der Waals surface area contributed by atoms with E-state index in [-0.39, 0.29) is 0 Å². The van der Waals surface area contributed by atoms with Gasteiger partial charge in [-0.25, -0.2) is 9.59 Å². The van der Waals surface area contributed by atoms with Crippen molar-refractivity contribution in [3.05, 3.63) is 46.6 Å². The molecular weight excluding hydrogens is 396 g/mol. The Morgan fingerprint density at radius 2 is 1.84 bits per heavy atom. The molecule has 4 N–H and O–H groups in total. The third-order valence-corrected chi connectivity index (χ3v) is 3.28. The van der Waals surface area contributed by atoms with Crippen molar-refractivity contribution in [1.82, 2.24) is 4.98 Å². The molecule has 1 aromatic heterocycles. The van der Waals surface area contributed by atoms with Gasteiger partial charge in [-0.3, -0.25) is 9.78 Å². The number of fused-ring (bicyclic) bond motifs is 1. The van der Waals surface area contributed by atoms with E-state index >= 15 is 0 Å². The summed E-state index contributed by atoms with van der Waals surface area (Å²) >= 11 is 3.40. The second-order valence-corrected chi connectivity index (χ2v) is 5.50. The summed E-state index contributed by atoms with van der Waals surface area (Å²) in [4.78, 5) is 33.6. The quantitative estimate of drug-likeness (QED) is 0.373. The summed E-state index contributed by atoms with van der Waals surface area (Å²) in [6.07, 6.45) is 1.64. The van der Waals surface area contributed by atoms with Gasteiger partial charge in [0.2, 0.25) is 0 Å². The number of pyridine rings is 1. The molecule has 0 amide bonds. The van der Waals surface area contributed by atoms with Crippen LogP contribution in [0.2, 0.25) is 0 Å². The minimum Gasteiger partial charge on any atom is -0.478 e. The Hall–Kier alpha value is -2.94. The number of aliphatic carboxylic acids is 2. The van der Waals surface area contributed by atoms with E-state index in [0.29, 0.717) is 37.3 Å². The van der Waals surface area contributed by atoms with E-state index in [2.05, 4.69) is 25.7 Å². The van der Waals surface area contributed by atoms with Crippen LogP contribution in [-0.4, -0.2) is 40.2 Å². The number of hydrogen-bond acceptors (Lipinski definition) is 6. The van der Waals surface area contributed by atoms with Crippen LogP contribution in [0.3, 0.4) is 0 Å². The minimum atomic E-state index is -1.26. The lowest BCUT2D eigenvalue weighted by Crippen LogP contribution is -2.03. The van der Waals surface area contributed by atoms with Crippen LogP contribution >= 0.6 is 15.9 Å². The van der Waals surface area contributed by atoms with Crippen LogP contribution in [0.25, 0.3) is 10.9 Å². The lowest BCUT2D eigenvalue weighted by Gasteiger charge is -2.06. The van der Waals surface area contributed by atoms with Crippen molar-refractivity contribution in [2.45, 2.75) is 6.42 Å². The molecule has 1 heterocycles. The molecule has 0 saturated heterocycles. The van der Waals surface area contributed by atoms with E-state index < -0.39 is 11.9 Å². The van der Waals surface area contributed by atoms with Gasteiger partial charge < -0.3 is 20.7 Å². The van der Waals surface area contributed by atoms with E-state index in [1.54, 1.807) is 0 Å². The summed E-state index contributed by atoms with van der Waals surface area (Å²) in [5.41, 5.74) is 8.13. The molecular formula is C16H15BrN2O6. The van der Waals surface area contributed by atoms with Gasteiger partial charge in [-0.1, -0.05) is 22.0 Å². The van der Waals surface area contributed by atoms with Crippen molar-refractivity contribution in [1.29, 1.82) is 0 Å². The number of nitrogens with two attached hydrogens (primary N) is 1. The number of carboxylic acid groups (broad SMARTS) is 2. The van der Waals surface area contributed by atoms with Crippen LogP contribution in [0.15, 0.2) is 40.9 Å². The van der Waals surface area contributed by atoms with E-state index in [4.69, 9.17) is 15.9 Å².